The predicted molar refractivity (Wildman–Crippen MR) is 125 cm³/mol. The lowest BCUT2D eigenvalue weighted by Crippen LogP contribution is -2.54. The topological polar surface area (TPSA) is 102 Å². The minimum Gasteiger partial charge on any atom is -0.457 e. The van der Waals surface area contributed by atoms with E-state index in [4.69, 9.17) is 15.2 Å². The molecule has 2 atom stereocenters. The third-order valence-corrected chi connectivity index (χ3v) is 6.95. The van der Waals surface area contributed by atoms with E-state index in [1.165, 1.54) is 36.4 Å². The van der Waals surface area contributed by atoms with E-state index in [1.807, 2.05) is 4.90 Å². The summed E-state index contributed by atoms with van der Waals surface area (Å²) in [5.74, 6) is -0.144. The second-order valence-electron chi connectivity index (χ2n) is 8.32. The minimum absolute atomic E-state index is 0.0431. The zero-order chi connectivity index (χ0) is 25.8. The van der Waals surface area contributed by atoms with E-state index in [0.29, 0.717) is 24.6 Å². The summed E-state index contributed by atoms with van der Waals surface area (Å²) in [6.07, 6.45) is -1.76. The Hall–Kier alpha value is -2.83. The van der Waals surface area contributed by atoms with Gasteiger partial charge in [0.05, 0.1) is 30.7 Å². The van der Waals surface area contributed by atoms with Crippen molar-refractivity contribution in [2.45, 2.75) is 31.1 Å². The largest absolute Gasteiger partial charge is 0.457 e. The molecule has 8 nitrogen and oxygen atoms in total. The summed E-state index contributed by atoms with van der Waals surface area (Å²) in [6.45, 7) is 0.825. The molecule has 1 aliphatic rings. The molecule has 1 amide bonds. The van der Waals surface area contributed by atoms with Gasteiger partial charge >= 0.3 is 6.18 Å². The van der Waals surface area contributed by atoms with Crippen molar-refractivity contribution in [1.29, 1.82) is 0 Å². The van der Waals surface area contributed by atoms with Gasteiger partial charge in [0.15, 0.2) is 0 Å². The normalized spacial score (nSPS) is 17.8. The summed E-state index contributed by atoms with van der Waals surface area (Å²) in [5.41, 5.74) is 5.16. The number of halogens is 3. The number of carbonyl (C=O) groups is 1. The lowest BCUT2D eigenvalue weighted by atomic mass is 10.1. The number of sulfonamides is 1. The predicted octanol–water partition coefficient (Wildman–Crippen LogP) is 3.23. The van der Waals surface area contributed by atoms with Gasteiger partial charge in [-0.3, -0.25) is 14.0 Å². The molecule has 2 aromatic rings. The van der Waals surface area contributed by atoms with Crippen molar-refractivity contribution in [3.63, 3.8) is 0 Å². The molecule has 12 heteroatoms. The highest BCUT2D eigenvalue weighted by molar-refractivity contribution is 7.92. The lowest BCUT2D eigenvalue weighted by molar-refractivity contribution is -0.137. The quantitative estimate of drug-likeness (QED) is 0.521. The molecule has 2 aromatic carbocycles. The first kappa shape index (κ1) is 26.8. The van der Waals surface area contributed by atoms with Crippen LogP contribution in [0.3, 0.4) is 0 Å². The first-order valence-electron chi connectivity index (χ1n) is 10.9. The zero-order valence-corrected chi connectivity index (χ0v) is 20.2. The number of carbonyl (C=O) groups excluding carboxylic acids is 1. The number of anilines is 1. The van der Waals surface area contributed by atoms with Crippen LogP contribution in [0, 0.1) is 0 Å². The highest BCUT2D eigenvalue weighted by atomic mass is 32.2. The van der Waals surface area contributed by atoms with Crippen LogP contribution in [0.15, 0.2) is 48.5 Å². The molecule has 192 valence electrons. The van der Waals surface area contributed by atoms with Crippen LogP contribution >= 0.6 is 0 Å². The Bertz CT molecular complexity index is 1110. The maximum Gasteiger partial charge on any atom is 0.416 e. The van der Waals surface area contributed by atoms with E-state index in [-0.39, 0.29) is 18.3 Å². The van der Waals surface area contributed by atoms with E-state index >= 15 is 0 Å². The van der Waals surface area contributed by atoms with Crippen molar-refractivity contribution in [1.82, 2.24) is 4.90 Å². The van der Waals surface area contributed by atoms with Gasteiger partial charge in [0.25, 0.3) is 0 Å². The molecule has 2 N–H and O–H groups in total. The van der Waals surface area contributed by atoms with E-state index in [0.717, 1.165) is 35.5 Å². The highest BCUT2D eigenvalue weighted by Crippen LogP contribution is 2.32. The van der Waals surface area contributed by atoms with Gasteiger partial charge in [-0.05, 0) is 67.9 Å². The number of hydrogen-bond donors (Lipinski definition) is 1. The monoisotopic (exact) mass is 515 g/mol. The Balaban J connectivity index is 1.79. The first-order chi connectivity index (χ1) is 16.4. The van der Waals surface area contributed by atoms with E-state index in [9.17, 15) is 26.4 Å². The van der Waals surface area contributed by atoms with Crippen LogP contribution in [0.1, 0.15) is 18.4 Å². The van der Waals surface area contributed by atoms with Gasteiger partial charge in [-0.15, -0.1) is 0 Å². The Morgan fingerprint density at radius 2 is 1.71 bits per heavy atom. The second-order valence-corrected chi connectivity index (χ2v) is 10.2. The van der Waals surface area contributed by atoms with Gasteiger partial charge in [-0.1, -0.05) is 0 Å². The summed E-state index contributed by atoms with van der Waals surface area (Å²) in [5, 5.41) is 0. The Kier molecular flexibility index (Phi) is 8.29. The number of rotatable bonds is 10. The molecule has 0 radical (unpaired) electrons. The molecule has 0 unspecified atom stereocenters. The second kappa shape index (κ2) is 10.8. The number of primary amides is 1. The Labute approximate surface area is 202 Å². The number of ether oxygens (including phenoxy) is 2. The van der Waals surface area contributed by atoms with Crippen molar-refractivity contribution < 1.29 is 35.9 Å². The van der Waals surface area contributed by atoms with E-state index in [2.05, 4.69) is 0 Å². The first-order valence-corrected chi connectivity index (χ1v) is 12.7. The summed E-state index contributed by atoms with van der Waals surface area (Å²) < 4.78 is 75.3. The molecule has 1 fully saturated rings. The molecular formula is C23H28F3N3O5S. The highest BCUT2D eigenvalue weighted by Gasteiger charge is 2.36. The van der Waals surface area contributed by atoms with Crippen molar-refractivity contribution in [3.8, 4) is 11.5 Å². The average molecular weight is 516 g/mol. The molecule has 0 spiro atoms. The van der Waals surface area contributed by atoms with Crippen molar-refractivity contribution in [2.75, 3.05) is 37.4 Å². The molecule has 0 bridgehead atoms. The molecule has 0 aromatic heterocycles. The number of hydrogen-bond acceptors (Lipinski definition) is 6. The van der Waals surface area contributed by atoms with Crippen molar-refractivity contribution in [2.24, 2.45) is 5.73 Å². The average Bonchev–Trinajstić information content (AvgIpc) is 3.22. The fraction of sp³-hybridized carbons (Fsp3) is 0.435. The Morgan fingerprint density at radius 3 is 2.20 bits per heavy atom. The van der Waals surface area contributed by atoms with Crippen molar-refractivity contribution >= 4 is 21.6 Å². The number of benzene rings is 2. The number of nitrogens with two attached hydrogens (primary N) is 1. The fourth-order valence-corrected chi connectivity index (χ4v) is 5.03. The van der Waals surface area contributed by atoms with Gasteiger partial charge in [0.2, 0.25) is 15.9 Å². The summed E-state index contributed by atoms with van der Waals surface area (Å²) in [7, 11) is -2.21. The SMILES string of the molecule is COC[C@H]1CCCN1[C@@H](CN(c1ccc(Oc2ccc(C(F)(F)F)cc2)cc1)S(C)(=O)=O)C(N)=O. The van der Waals surface area contributed by atoms with Gasteiger partial charge in [-0.25, -0.2) is 8.42 Å². The summed E-state index contributed by atoms with van der Waals surface area (Å²) in [4.78, 5) is 14.2. The van der Waals surface area contributed by atoms with Crippen LogP contribution in [0.25, 0.3) is 0 Å². The van der Waals surface area contributed by atoms with E-state index in [1.54, 1.807) is 7.11 Å². The maximum atomic E-state index is 12.7. The van der Waals surface area contributed by atoms with Crippen LogP contribution in [-0.2, 0) is 25.7 Å². The number of nitrogens with zero attached hydrogens (tertiary/aromatic N) is 2. The molecule has 1 aliphatic heterocycles. The molecule has 35 heavy (non-hydrogen) atoms. The third kappa shape index (κ3) is 6.86. The van der Waals surface area contributed by atoms with Gasteiger partial charge in [-0.2, -0.15) is 13.2 Å². The zero-order valence-electron chi connectivity index (χ0n) is 19.4. The molecule has 1 heterocycles. The van der Waals surface area contributed by atoms with Gasteiger partial charge in [0, 0.05) is 13.2 Å². The van der Waals surface area contributed by atoms with Crippen LogP contribution < -0.4 is 14.8 Å². The molecule has 0 saturated carbocycles. The summed E-state index contributed by atoms with van der Waals surface area (Å²) >= 11 is 0. The number of methoxy groups -OCH3 is 1. The smallest absolute Gasteiger partial charge is 0.416 e. The Morgan fingerprint density at radius 1 is 1.14 bits per heavy atom. The summed E-state index contributed by atoms with van der Waals surface area (Å²) in [6, 6.07) is 9.30. The van der Waals surface area contributed by atoms with Crippen LogP contribution in [0.4, 0.5) is 18.9 Å². The van der Waals surface area contributed by atoms with Crippen LogP contribution in [0.2, 0.25) is 0 Å². The number of likely N-dealkylation sites (tertiary alicyclic amines) is 1. The fourth-order valence-electron chi connectivity index (χ4n) is 4.12. The third-order valence-electron chi connectivity index (χ3n) is 5.79. The van der Waals surface area contributed by atoms with Gasteiger partial charge < -0.3 is 15.2 Å². The number of amides is 1. The molecule has 0 aliphatic carbocycles. The molecule has 3 rings (SSSR count). The van der Waals surface area contributed by atoms with Crippen molar-refractivity contribution in [3.05, 3.63) is 54.1 Å². The molecular weight excluding hydrogens is 487 g/mol. The van der Waals surface area contributed by atoms with Gasteiger partial charge in [0.1, 0.15) is 17.5 Å². The van der Waals surface area contributed by atoms with Crippen LogP contribution in [-0.4, -0.2) is 64.4 Å². The lowest BCUT2D eigenvalue weighted by Gasteiger charge is -2.34. The molecule has 1 saturated heterocycles. The minimum atomic E-state index is -4.45. The van der Waals surface area contributed by atoms with E-state index < -0.39 is 33.7 Å². The number of alkyl halides is 3. The van der Waals surface area contributed by atoms with Crippen LogP contribution in [0.5, 0.6) is 11.5 Å². The standard InChI is InChI=1S/C23H28F3N3O5S/c1-33-15-18-4-3-13-28(18)21(22(27)30)14-29(35(2,31)32)17-7-11-20(12-8-17)34-19-9-5-16(6-10-19)23(24,25)26/h5-12,18,21H,3-4,13-15H2,1-2H3,(H2,27,30)/t18-,21+/m1/s1. The maximum absolute atomic E-state index is 12.7.